The summed E-state index contributed by atoms with van der Waals surface area (Å²) in [5.41, 5.74) is 0.646. The molecule has 3 nitrogen and oxygen atoms in total. The van der Waals surface area contributed by atoms with E-state index in [9.17, 15) is 5.11 Å². The lowest BCUT2D eigenvalue weighted by atomic mass is 10.0. The molecule has 0 aliphatic heterocycles. The third-order valence-corrected chi connectivity index (χ3v) is 4.14. The van der Waals surface area contributed by atoms with E-state index in [0.29, 0.717) is 12.6 Å². The summed E-state index contributed by atoms with van der Waals surface area (Å²) in [6.07, 6.45) is 1.02. The Morgan fingerprint density at radius 1 is 1.35 bits per heavy atom. The number of nitrogens with zero attached hydrogens (tertiary/aromatic N) is 1. The minimum Gasteiger partial charge on any atom is -0.389 e. The molecule has 114 valence electrons. The van der Waals surface area contributed by atoms with Crippen LogP contribution in [0.25, 0.3) is 0 Å². The molecule has 0 bridgehead atoms. The zero-order valence-electron chi connectivity index (χ0n) is 13.0. The Morgan fingerprint density at radius 2 is 2.00 bits per heavy atom. The number of nitrogens with one attached hydrogen (secondary N) is 1. The number of benzene rings is 1. The minimum atomic E-state index is -0.640. The molecule has 0 saturated carbocycles. The average molecular weight is 343 g/mol. The summed E-state index contributed by atoms with van der Waals surface area (Å²) in [6.45, 7) is 8.48. The van der Waals surface area contributed by atoms with Gasteiger partial charge in [0.05, 0.1) is 5.60 Å². The first-order valence-electron chi connectivity index (χ1n) is 7.23. The van der Waals surface area contributed by atoms with Crippen molar-refractivity contribution in [1.82, 2.24) is 10.2 Å². The number of halogens is 1. The van der Waals surface area contributed by atoms with Crippen LogP contribution in [0.2, 0.25) is 0 Å². The quantitative estimate of drug-likeness (QED) is 0.761. The Morgan fingerprint density at radius 3 is 2.50 bits per heavy atom. The topological polar surface area (TPSA) is 35.5 Å². The monoisotopic (exact) mass is 342 g/mol. The lowest BCUT2D eigenvalue weighted by Gasteiger charge is -2.29. The number of hydrogen-bond acceptors (Lipinski definition) is 3. The molecule has 0 aliphatic rings. The van der Waals surface area contributed by atoms with Crippen LogP contribution in [0.4, 0.5) is 0 Å². The van der Waals surface area contributed by atoms with Gasteiger partial charge in [0.1, 0.15) is 0 Å². The molecule has 1 aromatic rings. The maximum Gasteiger partial charge on any atom is 0.0718 e. The molecule has 0 aromatic heterocycles. The highest BCUT2D eigenvalue weighted by Gasteiger charge is 2.19. The van der Waals surface area contributed by atoms with Gasteiger partial charge >= 0.3 is 0 Å². The predicted octanol–water partition coefficient (Wildman–Crippen LogP) is 3.19. The van der Waals surface area contributed by atoms with E-state index >= 15 is 0 Å². The van der Waals surface area contributed by atoms with Crippen LogP contribution < -0.4 is 5.32 Å². The van der Waals surface area contributed by atoms with Crippen molar-refractivity contribution in [3.63, 3.8) is 0 Å². The molecule has 1 atom stereocenters. The normalized spacial score (nSPS) is 13.8. The predicted molar refractivity (Wildman–Crippen MR) is 89.0 cm³/mol. The molecule has 2 N–H and O–H groups in total. The Labute approximate surface area is 131 Å². The van der Waals surface area contributed by atoms with Crippen molar-refractivity contribution in [1.29, 1.82) is 0 Å². The van der Waals surface area contributed by atoms with Gasteiger partial charge in [0.15, 0.2) is 0 Å². The van der Waals surface area contributed by atoms with Gasteiger partial charge < -0.3 is 15.3 Å². The van der Waals surface area contributed by atoms with E-state index in [1.54, 1.807) is 0 Å². The highest BCUT2D eigenvalue weighted by atomic mass is 79.9. The van der Waals surface area contributed by atoms with E-state index in [-0.39, 0.29) is 0 Å². The Bertz CT molecular complexity index is 404. The van der Waals surface area contributed by atoms with Gasteiger partial charge in [-0.05, 0) is 45.5 Å². The fourth-order valence-corrected chi connectivity index (χ4v) is 2.98. The van der Waals surface area contributed by atoms with Crippen LogP contribution in [0.5, 0.6) is 0 Å². The van der Waals surface area contributed by atoms with Crippen molar-refractivity contribution < 1.29 is 5.11 Å². The third kappa shape index (κ3) is 5.92. The summed E-state index contributed by atoms with van der Waals surface area (Å²) in [7, 11) is 2.00. The SMILES string of the molecule is CCN(CCC(NC)c1ccccc1Br)CC(C)(C)O. The molecule has 0 saturated heterocycles. The second-order valence-electron chi connectivity index (χ2n) is 5.83. The van der Waals surface area contributed by atoms with Crippen LogP contribution >= 0.6 is 15.9 Å². The summed E-state index contributed by atoms with van der Waals surface area (Å²) >= 11 is 3.62. The maximum atomic E-state index is 9.94. The molecule has 0 amide bonds. The third-order valence-electron chi connectivity index (χ3n) is 3.42. The molecular formula is C16H27BrN2O. The van der Waals surface area contributed by atoms with Crippen LogP contribution in [0.1, 0.15) is 38.8 Å². The Hall–Kier alpha value is -0.420. The van der Waals surface area contributed by atoms with Crippen molar-refractivity contribution in [2.75, 3.05) is 26.7 Å². The van der Waals surface area contributed by atoms with Gasteiger partial charge in [-0.3, -0.25) is 0 Å². The van der Waals surface area contributed by atoms with E-state index in [1.165, 1.54) is 5.56 Å². The Kier molecular flexibility index (Phi) is 7.17. The highest BCUT2D eigenvalue weighted by molar-refractivity contribution is 9.10. The fraction of sp³-hybridized carbons (Fsp3) is 0.625. The van der Waals surface area contributed by atoms with Crippen LogP contribution in [-0.2, 0) is 0 Å². The zero-order valence-corrected chi connectivity index (χ0v) is 14.6. The van der Waals surface area contributed by atoms with E-state index in [2.05, 4.69) is 51.3 Å². The van der Waals surface area contributed by atoms with E-state index in [1.807, 2.05) is 27.0 Å². The molecule has 0 radical (unpaired) electrons. The van der Waals surface area contributed by atoms with Crippen LogP contribution in [0.15, 0.2) is 28.7 Å². The molecule has 0 spiro atoms. The van der Waals surface area contributed by atoms with E-state index in [4.69, 9.17) is 0 Å². The van der Waals surface area contributed by atoms with Crippen molar-refractivity contribution in [3.8, 4) is 0 Å². The molecule has 4 heteroatoms. The van der Waals surface area contributed by atoms with E-state index < -0.39 is 5.60 Å². The van der Waals surface area contributed by atoms with Crippen molar-refractivity contribution in [3.05, 3.63) is 34.3 Å². The standard InChI is InChI=1S/C16H27BrN2O/c1-5-19(12-16(2,3)20)11-10-15(18-4)13-8-6-7-9-14(13)17/h6-9,15,18,20H,5,10-12H2,1-4H3. The van der Waals surface area contributed by atoms with Crippen LogP contribution in [-0.4, -0.2) is 42.3 Å². The largest absolute Gasteiger partial charge is 0.389 e. The summed E-state index contributed by atoms with van der Waals surface area (Å²) in [4.78, 5) is 2.29. The molecule has 1 unspecified atom stereocenters. The van der Waals surface area contributed by atoms with Gasteiger partial charge in [-0.1, -0.05) is 41.1 Å². The fourth-order valence-electron chi connectivity index (χ4n) is 2.42. The lowest BCUT2D eigenvalue weighted by Crippen LogP contribution is -2.39. The van der Waals surface area contributed by atoms with Crippen molar-refractivity contribution in [2.45, 2.75) is 38.8 Å². The number of aliphatic hydroxyl groups is 1. The second-order valence-corrected chi connectivity index (χ2v) is 6.69. The average Bonchev–Trinajstić information content (AvgIpc) is 2.38. The molecule has 0 aliphatic carbocycles. The second kappa shape index (κ2) is 8.13. The smallest absolute Gasteiger partial charge is 0.0718 e. The first kappa shape index (κ1) is 17.6. The zero-order chi connectivity index (χ0) is 15.2. The molecular weight excluding hydrogens is 316 g/mol. The van der Waals surface area contributed by atoms with Crippen molar-refractivity contribution >= 4 is 15.9 Å². The van der Waals surface area contributed by atoms with Gasteiger partial charge in [0.2, 0.25) is 0 Å². The minimum absolute atomic E-state index is 0.321. The molecule has 1 rings (SSSR count). The number of rotatable bonds is 8. The van der Waals surface area contributed by atoms with Crippen LogP contribution in [0.3, 0.4) is 0 Å². The van der Waals surface area contributed by atoms with Gasteiger partial charge in [0.25, 0.3) is 0 Å². The van der Waals surface area contributed by atoms with Gasteiger partial charge in [-0.2, -0.15) is 0 Å². The first-order chi connectivity index (χ1) is 9.37. The van der Waals surface area contributed by atoms with Gasteiger partial charge in [-0.15, -0.1) is 0 Å². The lowest BCUT2D eigenvalue weighted by molar-refractivity contribution is 0.0367. The summed E-state index contributed by atoms with van der Waals surface area (Å²) in [6, 6.07) is 8.65. The molecule has 0 heterocycles. The summed E-state index contributed by atoms with van der Waals surface area (Å²) < 4.78 is 1.14. The first-order valence-corrected chi connectivity index (χ1v) is 8.03. The molecule has 20 heavy (non-hydrogen) atoms. The highest BCUT2D eigenvalue weighted by Crippen LogP contribution is 2.25. The number of likely N-dealkylation sites (N-methyl/N-ethyl adjacent to an activating group) is 1. The van der Waals surface area contributed by atoms with E-state index in [0.717, 1.165) is 24.0 Å². The Balaban J connectivity index is 2.63. The molecule has 1 aromatic carbocycles. The summed E-state index contributed by atoms with van der Waals surface area (Å²) in [5, 5.41) is 13.3. The van der Waals surface area contributed by atoms with Crippen LogP contribution in [0, 0.1) is 0 Å². The maximum absolute atomic E-state index is 9.94. The van der Waals surface area contributed by atoms with Crippen molar-refractivity contribution in [2.24, 2.45) is 0 Å². The summed E-state index contributed by atoms with van der Waals surface area (Å²) in [5.74, 6) is 0. The van der Waals surface area contributed by atoms with Gasteiger partial charge in [0, 0.05) is 23.6 Å². The molecule has 0 fully saturated rings. The number of hydrogen-bond donors (Lipinski definition) is 2. The van der Waals surface area contributed by atoms with Gasteiger partial charge in [-0.25, -0.2) is 0 Å².